The normalized spacial score (nSPS) is 10.6. The fourth-order valence-corrected chi connectivity index (χ4v) is 1.71. The van der Waals surface area contributed by atoms with E-state index in [0.29, 0.717) is 5.69 Å². The molecule has 0 radical (unpaired) electrons. The van der Waals surface area contributed by atoms with Gasteiger partial charge in [-0.15, -0.1) is 0 Å². The van der Waals surface area contributed by atoms with Crippen molar-refractivity contribution in [3.05, 3.63) is 30.1 Å². The van der Waals surface area contributed by atoms with Crippen LogP contribution < -0.4 is 34.9 Å². The minimum Gasteiger partial charge on any atom is -0.725 e. The minimum absolute atomic E-state index is 0. The van der Waals surface area contributed by atoms with Crippen molar-refractivity contribution < 1.29 is 55.3 Å². The summed E-state index contributed by atoms with van der Waals surface area (Å²) < 4.78 is 46.4. The van der Waals surface area contributed by atoms with E-state index >= 15 is 0 Å². The monoisotopic (exact) mass is 303 g/mol. The molecule has 0 bridgehead atoms. The Morgan fingerprint density at radius 2 is 1.94 bits per heavy atom. The topological polar surface area (TPSA) is 95.5 Å². The minimum atomic E-state index is -4.81. The molecule has 0 fully saturated rings. The molecule has 0 saturated heterocycles. The van der Waals surface area contributed by atoms with Crippen molar-refractivity contribution in [2.45, 2.75) is 0 Å². The first-order valence-corrected chi connectivity index (χ1v) is 6.43. The molecule has 0 spiro atoms. The van der Waals surface area contributed by atoms with Crippen molar-refractivity contribution in [1.29, 1.82) is 0 Å². The van der Waals surface area contributed by atoms with E-state index in [9.17, 15) is 22.2 Å². The van der Waals surface area contributed by atoms with Crippen molar-refractivity contribution in [2.24, 2.45) is 0 Å². The van der Waals surface area contributed by atoms with E-state index < -0.39 is 22.1 Å². The molecule has 0 saturated carbocycles. The van der Waals surface area contributed by atoms with Gasteiger partial charge in [0.2, 0.25) is 16.3 Å². The Morgan fingerprint density at radius 3 is 2.44 bits per heavy atom. The number of anilines is 1. The molecule has 1 aromatic carbocycles. The number of halogens is 1. The third-order valence-corrected chi connectivity index (χ3v) is 2.88. The second kappa shape index (κ2) is 8.10. The van der Waals surface area contributed by atoms with Crippen LogP contribution in [0.1, 0.15) is 0 Å². The van der Waals surface area contributed by atoms with Crippen LogP contribution in [0.15, 0.2) is 24.3 Å². The van der Waals surface area contributed by atoms with E-state index in [1.165, 1.54) is 12.1 Å². The summed E-state index contributed by atoms with van der Waals surface area (Å²) in [7, 11) is -4.81. The SMILES string of the molecule is O=C(CSOS(=O)(=O)[O-])Nc1ccc(F)cc1.[Na+]. The third kappa shape index (κ3) is 8.03. The molecule has 6 nitrogen and oxygen atoms in total. The summed E-state index contributed by atoms with van der Waals surface area (Å²) in [5.74, 6) is -1.40. The standard InChI is InChI=1S/C8H8FNO5S2.Na/c9-6-1-3-7(4-2-6)10-8(11)5-16-15-17(12,13)14;/h1-4H,5H2,(H,10,11)(H,12,13,14);/q;+1/p-1. The summed E-state index contributed by atoms with van der Waals surface area (Å²) in [5.41, 5.74) is 0.349. The molecule has 1 rings (SSSR count). The van der Waals surface area contributed by atoms with Crippen LogP contribution in [0.5, 0.6) is 0 Å². The van der Waals surface area contributed by atoms with Gasteiger partial charge in [0.1, 0.15) is 11.6 Å². The van der Waals surface area contributed by atoms with Crippen LogP contribution in [-0.4, -0.2) is 24.6 Å². The first kappa shape index (κ1) is 17.8. The summed E-state index contributed by atoms with van der Waals surface area (Å²) >= 11 is 0.204. The van der Waals surface area contributed by atoms with Crippen molar-refractivity contribution in [3.8, 4) is 0 Å². The van der Waals surface area contributed by atoms with Crippen LogP contribution in [0.3, 0.4) is 0 Å². The molecule has 10 heteroatoms. The first-order valence-electron chi connectivity index (χ1n) is 4.19. The van der Waals surface area contributed by atoms with E-state index in [0.717, 1.165) is 12.1 Å². The van der Waals surface area contributed by atoms with Gasteiger partial charge >= 0.3 is 29.6 Å². The molecule has 0 aliphatic rings. The smallest absolute Gasteiger partial charge is 0.725 e. The number of carbonyl (C=O) groups is 1. The summed E-state index contributed by atoms with van der Waals surface area (Å²) in [5, 5.41) is 2.35. The Labute approximate surface area is 130 Å². The fourth-order valence-electron chi connectivity index (χ4n) is 0.867. The zero-order chi connectivity index (χ0) is 12.9. The molecule has 0 aromatic heterocycles. The van der Waals surface area contributed by atoms with Gasteiger partial charge in [-0.2, -0.15) is 0 Å². The zero-order valence-electron chi connectivity index (χ0n) is 9.25. The van der Waals surface area contributed by atoms with Crippen LogP contribution in [0.25, 0.3) is 0 Å². The number of hydrogen-bond acceptors (Lipinski definition) is 6. The second-order valence-corrected chi connectivity index (χ2v) is 4.68. The van der Waals surface area contributed by atoms with E-state index in [4.69, 9.17) is 0 Å². The predicted molar refractivity (Wildman–Crippen MR) is 58.3 cm³/mol. The molecule has 0 aliphatic heterocycles. The number of amides is 1. The Bertz CT molecular complexity index is 493. The van der Waals surface area contributed by atoms with Crippen LogP contribution >= 0.6 is 12.0 Å². The van der Waals surface area contributed by atoms with Gasteiger partial charge in [0.15, 0.2) is 0 Å². The molecular formula is C8H7FNNaO5S2. The maximum absolute atomic E-state index is 12.5. The second-order valence-electron chi connectivity index (χ2n) is 2.79. The quantitative estimate of drug-likeness (QED) is 0.290. The number of benzene rings is 1. The number of rotatable bonds is 5. The predicted octanol–water partition coefficient (Wildman–Crippen LogP) is -2.11. The fraction of sp³-hybridized carbons (Fsp3) is 0.125. The van der Waals surface area contributed by atoms with Gasteiger partial charge in [0.25, 0.3) is 0 Å². The Balaban J connectivity index is 0.00000289. The van der Waals surface area contributed by atoms with Crippen LogP contribution in [0, 0.1) is 5.82 Å². The van der Waals surface area contributed by atoms with Crippen molar-refractivity contribution in [1.82, 2.24) is 0 Å². The average Bonchev–Trinajstić information content (AvgIpc) is 2.19. The molecule has 0 atom stereocenters. The summed E-state index contributed by atoms with van der Waals surface area (Å²) in [4.78, 5) is 11.2. The van der Waals surface area contributed by atoms with Gasteiger partial charge in [-0.05, 0) is 24.3 Å². The molecule has 18 heavy (non-hydrogen) atoms. The van der Waals surface area contributed by atoms with Crippen molar-refractivity contribution >= 4 is 34.0 Å². The zero-order valence-corrected chi connectivity index (χ0v) is 12.9. The molecule has 94 valence electrons. The van der Waals surface area contributed by atoms with E-state index in [2.05, 4.69) is 8.95 Å². The summed E-state index contributed by atoms with van der Waals surface area (Å²) in [6.07, 6.45) is 0. The Hall–Kier alpha value is -0.160. The van der Waals surface area contributed by atoms with Crippen LogP contribution in [0.2, 0.25) is 0 Å². The van der Waals surface area contributed by atoms with Crippen LogP contribution in [-0.2, 0) is 18.8 Å². The number of hydrogen-bond donors (Lipinski definition) is 1. The molecular weight excluding hydrogens is 296 g/mol. The molecule has 0 unspecified atom stereocenters. The maximum atomic E-state index is 12.5. The van der Waals surface area contributed by atoms with Crippen molar-refractivity contribution in [3.63, 3.8) is 0 Å². The van der Waals surface area contributed by atoms with Crippen molar-refractivity contribution in [2.75, 3.05) is 11.1 Å². The number of nitrogens with one attached hydrogen (secondary N) is 1. The molecule has 1 N–H and O–H groups in total. The van der Waals surface area contributed by atoms with Gasteiger partial charge < -0.3 is 9.87 Å². The van der Waals surface area contributed by atoms with Gasteiger partial charge in [0.05, 0.1) is 0 Å². The molecule has 0 aliphatic carbocycles. The van der Waals surface area contributed by atoms with Gasteiger partial charge in [0, 0.05) is 17.7 Å². The van der Waals surface area contributed by atoms with E-state index in [1.807, 2.05) is 0 Å². The van der Waals surface area contributed by atoms with Gasteiger partial charge in [-0.1, -0.05) is 0 Å². The molecule has 1 aromatic rings. The average molecular weight is 303 g/mol. The molecule has 0 heterocycles. The first-order chi connectivity index (χ1) is 7.87. The Kier molecular flexibility index (Phi) is 8.03. The Morgan fingerprint density at radius 1 is 1.39 bits per heavy atom. The van der Waals surface area contributed by atoms with Gasteiger partial charge in [-0.25, -0.2) is 16.4 Å². The van der Waals surface area contributed by atoms with E-state index in [1.54, 1.807) is 0 Å². The van der Waals surface area contributed by atoms with Gasteiger partial charge in [-0.3, -0.25) is 4.79 Å². The third-order valence-electron chi connectivity index (χ3n) is 1.45. The number of carbonyl (C=O) groups excluding carboxylic acids is 1. The van der Waals surface area contributed by atoms with Crippen LogP contribution in [0.4, 0.5) is 10.1 Å². The summed E-state index contributed by atoms with van der Waals surface area (Å²) in [6.45, 7) is 0. The summed E-state index contributed by atoms with van der Waals surface area (Å²) in [6, 6.07) is 4.98. The largest absolute Gasteiger partial charge is 1.00 e. The maximum Gasteiger partial charge on any atom is 1.00 e. The van der Waals surface area contributed by atoms with E-state index in [-0.39, 0.29) is 47.4 Å². The molecule has 1 amide bonds.